The number of piperidine rings is 2. The van der Waals surface area contributed by atoms with Crippen LogP contribution >= 0.6 is 0 Å². The first-order valence-corrected chi connectivity index (χ1v) is 10.6. The fourth-order valence-corrected chi connectivity index (χ4v) is 5.36. The van der Waals surface area contributed by atoms with Gasteiger partial charge in [-0.25, -0.2) is 0 Å². The van der Waals surface area contributed by atoms with Crippen molar-refractivity contribution in [2.75, 3.05) is 39.3 Å². The first kappa shape index (κ1) is 18.9. The highest BCUT2D eigenvalue weighted by molar-refractivity contribution is 5.73. The summed E-state index contributed by atoms with van der Waals surface area (Å²) in [5.74, 6) is 0.195. The number of carbonyl (C=O) groups excluding carboxylic acids is 1. The molecule has 3 heterocycles. The molecule has 27 heavy (non-hydrogen) atoms. The summed E-state index contributed by atoms with van der Waals surface area (Å²) in [4.78, 5) is 18.7. The number of nitrogens with zero attached hydrogens (tertiary/aromatic N) is 3. The first-order valence-electron chi connectivity index (χ1n) is 10.6. The molecular weight excluding hydrogens is 338 g/mol. The van der Waals surface area contributed by atoms with Crippen molar-refractivity contribution in [3.8, 4) is 0 Å². The number of amides is 1. The predicted octanol–water partition coefficient (Wildman–Crippen LogP) is 2.06. The van der Waals surface area contributed by atoms with E-state index >= 15 is 0 Å². The van der Waals surface area contributed by atoms with Gasteiger partial charge in [-0.3, -0.25) is 14.6 Å². The van der Waals surface area contributed by atoms with E-state index < -0.39 is 5.60 Å². The Balaban J connectivity index is 1.50. The minimum absolute atomic E-state index is 0.155. The lowest BCUT2D eigenvalue weighted by atomic mass is 9.79. The van der Waals surface area contributed by atoms with E-state index in [-0.39, 0.29) is 11.9 Å². The van der Waals surface area contributed by atoms with Crippen LogP contribution in [0.1, 0.15) is 44.6 Å². The van der Waals surface area contributed by atoms with Crippen LogP contribution in [0.3, 0.4) is 0 Å². The van der Waals surface area contributed by atoms with Crippen LogP contribution in [0.2, 0.25) is 0 Å². The third kappa shape index (κ3) is 3.78. The molecule has 148 valence electrons. The molecule has 1 N–H and O–H groups in total. The van der Waals surface area contributed by atoms with Gasteiger partial charge in [0.2, 0.25) is 5.91 Å². The number of hydrogen-bond donors (Lipinski definition) is 1. The number of benzene rings is 1. The second-order valence-corrected chi connectivity index (χ2v) is 8.53. The molecule has 0 saturated carbocycles. The van der Waals surface area contributed by atoms with Crippen molar-refractivity contribution in [3.05, 3.63) is 35.9 Å². The second-order valence-electron chi connectivity index (χ2n) is 8.53. The molecule has 5 nitrogen and oxygen atoms in total. The molecule has 1 aromatic rings. The molecule has 0 radical (unpaired) electrons. The van der Waals surface area contributed by atoms with E-state index in [1.54, 1.807) is 6.92 Å². The van der Waals surface area contributed by atoms with Crippen molar-refractivity contribution < 1.29 is 9.90 Å². The van der Waals surface area contributed by atoms with Gasteiger partial charge in [-0.15, -0.1) is 0 Å². The lowest BCUT2D eigenvalue weighted by molar-refractivity contribution is -0.131. The van der Waals surface area contributed by atoms with Crippen molar-refractivity contribution in [3.63, 3.8) is 0 Å². The van der Waals surface area contributed by atoms with Crippen molar-refractivity contribution in [2.45, 2.75) is 56.7 Å². The van der Waals surface area contributed by atoms with Crippen molar-refractivity contribution >= 4 is 5.91 Å². The van der Waals surface area contributed by atoms with Gasteiger partial charge < -0.3 is 10.0 Å². The highest BCUT2D eigenvalue weighted by Crippen LogP contribution is 2.38. The Morgan fingerprint density at radius 1 is 1.00 bits per heavy atom. The maximum Gasteiger partial charge on any atom is 0.219 e. The summed E-state index contributed by atoms with van der Waals surface area (Å²) in [6, 6.07) is 11.0. The monoisotopic (exact) mass is 371 g/mol. The number of hydrogen-bond acceptors (Lipinski definition) is 4. The van der Waals surface area contributed by atoms with Crippen molar-refractivity contribution in [2.24, 2.45) is 0 Å². The van der Waals surface area contributed by atoms with Gasteiger partial charge in [0.15, 0.2) is 0 Å². The number of aliphatic hydroxyl groups is 1. The quantitative estimate of drug-likeness (QED) is 0.884. The summed E-state index contributed by atoms with van der Waals surface area (Å²) in [5.41, 5.74) is 0.301. The summed E-state index contributed by atoms with van der Waals surface area (Å²) in [6.07, 6.45) is 5.36. The third-order valence-corrected chi connectivity index (χ3v) is 7.02. The molecule has 0 aliphatic carbocycles. The fraction of sp³-hybridized carbons (Fsp3) is 0.682. The van der Waals surface area contributed by atoms with Crippen LogP contribution in [-0.2, 0) is 10.4 Å². The molecule has 1 aromatic carbocycles. The van der Waals surface area contributed by atoms with Crippen LogP contribution < -0.4 is 0 Å². The Kier molecular flexibility index (Phi) is 5.53. The minimum Gasteiger partial charge on any atom is -0.383 e. The van der Waals surface area contributed by atoms with E-state index in [2.05, 4.69) is 21.9 Å². The molecule has 0 spiro atoms. The number of rotatable bonds is 3. The molecule has 3 aliphatic heterocycles. The maximum absolute atomic E-state index is 11.8. The van der Waals surface area contributed by atoms with Crippen LogP contribution in [0.25, 0.3) is 0 Å². The molecule has 0 bridgehead atoms. The molecule has 2 atom stereocenters. The van der Waals surface area contributed by atoms with E-state index in [4.69, 9.17) is 0 Å². The topological polar surface area (TPSA) is 47.0 Å². The van der Waals surface area contributed by atoms with Crippen LogP contribution in [0.4, 0.5) is 0 Å². The molecular formula is C22H33N3O2. The Morgan fingerprint density at radius 3 is 2.30 bits per heavy atom. The van der Waals surface area contributed by atoms with Gasteiger partial charge in [0.25, 0.3) is 0 Å². The lowest BCUT2D eigenvalue weighted by Gasteiger charge is -2.51. The smallest absolute Gasteiger partial charge is 0.219 e. The lowest BCUT2D eigenvalue weighted by Crippen LogP contribution is -2.62. The maximum atomic E-state index is 11.8. The zero-order valence-corrected chi connectivity index (χ0v) is 16.5. The van der Waals surface area contributed by atoms with Gasteiger partial charge in [0.1, 0.15) is 5.60 Å². The van der Waals surface area contributed by atoms with Crippen LogP contribution in [0, 0.1) is 0 Å². The highest BCUT2D eigenvalue weighted by atomic mass is 16.3. The molecule has 3 aliphatic rings. The highest BCUT2D eigenvalue weighted by Gasteiger charge is 2.47. The summed E-state index contributed by atoms with van der Waals surface area (Å²) in [6.45, 7) is 7.45. The molecule has 4 rings (SSSR count). The Labute approximate surface area is 162 Å². The van der Waals surface area contributed by atoms with Gasteiger partial charge in [-0.2, -0.15) is 0 Å². The van der Waals surface area contributed by atoms with E-state index in [1.807, 2.05) is 23.1 Å². The minimum atomic E-state index is -0.762. The molecule has 3 saturated heterocycles. The number of likely N-dealkylation sites (tertiary alicyclic amines) is 3. The number of carbonyl (C=O) groups is 1. The van der Waals surface area contributed by atoms with Crippen LogP contribution in [0.5, 0.6) is 0 Å². The van der Waals surface area contributed by atoms with Gasteiger partial charge >= 0.3 is 0 Å². The Morgan fingerprint density at radius 2 is 1.67 bits per heavy atom. The summed E-state index contributed by atoms with van der Waals surface area (Å²) in [7, 11) is 0. The predicted molar refractivity (Wildman–Crippen MR) is 106 cm³/mol. The van der Waals surface area contributed by atoms with Gasteiger partial charge in [-0.1, -0.05) is 30.3 Å². The Bertz CT molecular complexity index is 638. The van der Waals surface area contributed by atoms with Gasteiger partial charge in [0, 0.05) is 39.1 Å². The molecule has 5 heteroatoms. The average molecular weight is 372 g/mol. The zero-order chi connectivity index (χ0) is 18.9. The fourth-order valence-electron chi connectivity index (χ4n) is 5.36. The van der Waals surface area contributed by atoms with E-state index in [0.29, 0.717) is 6.04 Å². The van der Waals surface area contributed by atoms with E-state index in [0.717, 1.165) is 64.1 Å². The van der Waals surface area contributed by atoms with Crippen molar-refractivity contribution in [1.29, 1.82) is 0 Å². The molecule has 3 fully saturated rings. The van der Waals surface area contributed by atoms with E-state index in [9.17, 15) is 9.90 Å². The molecule has 1 amide bonds. The normalized spacial score (nSPS) is 31.3. The first-order chi connectivity index (χ1) is 13.1. The van der Waals surface area contributed by atoms with Gasteiger partial charge in [0.05, 0.1) is 6.04 Å². The summed E-state index contributed by atoms with van der Waals surface area (Å²) in [5, 5.41) is 11.8. The second kappa shape index (κ2) is 7.90. The third-order valence-electron chi connectivity index (χ3n) is 7.02. The summed E-state index contributed by atoms with van der Waals surface area (Å²) < 4.78 is 0. The van der Waals surface area contributed by atoms with Gasteiger partial charge in [-0.05, 0) is 50.8 Å². The standard InChI is InChI=1S/C22H33N3O2/c1-18(26)23-14-9-20(10-15-23)25-16-11-22(27,19-7-3-2-4-8-19)21(17-25)24-12-5-6-13-24/h2-4,7-8,20-21,27H,5-6,9-17H2,1H3/t21-,22+/m1/s1. The van der Waals surface area contributed by atoms with E-state index in [1.165, 1.54) is 12.8 Å². The Hall–Kier alpha value is -1.43. The van der Waals surface area contributed by atoms with Crippen LogP contribution in [0.15, 0.2) is 30.3 Å². The SMILES string of the molecule is CC(=O)N1CCC(N2CC[C@](O)(c3ccccc3)[C@H](N3CCCC3)C2)CC1. The molecule has 0 unspecified atom stereocenters. The molecule has 0 aromatic heterocycles. The summed E-state index contributed by atoms with van der Waals surface area (Å²) >= 11 is 0. The van der Waals surface area contributed by atoms with Crippen molar-refractivity contribution in [1.82, 2.24) is 14.7 Å². The average Bonchev–Trinajstić information content (AvgIpc) is 3.23. The largest absolute Gasteiger partial charge is 0.383 e. The zero-order valence-electron chi connectivity index (χ0n) is 16.5. The van der Waals surface area contributed by atoms with Crippen LogP contribution in [-0.4, -0.2) is 77.1 Å².